The first-order chi connectivity index (χ1) is 10.1. The van der Waals surface area contributed by atoms with E-state index in [0.717, 1.165) is 16.8 Å². The molecule has 4 nitrogen and oxygen atoms in total. The van der Waals surface area contributed by atoms with Gasteiger partial charge in [0.2, 0.25) is 0 Å². The van der Waals surface area contributed by atoms with Crippen LogP contribution in [0.25, 0.3) is 0 Å². The Hall–Kier alpha value is -2.33. The Kier molecular flexibility index (Phi) is 4.95. The van der Waals surface area contributed by atoms with Crippen molar-refractivity contribution in [1.29, 1.82) is 0 Å². The zero-order chi connectivity index (χ0) is 15.2. The number of carbonyl (C=O) groups is 1. The fraction of sp³-hybridized carbons (Fsp3) is 0.235. The summed E-state index contributed by atoms with van der Waals surface area (Å²) in [5.41, 5.74) is 2.94. The molecule has 0 aliphatic carbocycles. The van der Waals surface area contributed by atoms with Crippen LogP contribution in [-0.4, -0.2) is 25.2 Å². The van der Waals surface area contributed by atoms with E-state index in [1.807, 2.05) is 73.6 Å². The predicted octanol–water partition coefficient (Wildman–Crippen LogP) is 2.67. The van der Waals surface area contributed by atoms with Gasteiger partial charge in [-0.25, -0.2) is 0 Å². The largest absolute Gasteiger partial charge is 0.480 e. The first-order valence-corrected chi connectivity index (χ1v) is 6.85. The summed E-state index contributed by atoms with van der Waals surface area (Å²) < 4.78 is 0. The minimum atomic E-state index is -0.869. The molecule has 2 rings (SSSR count). The molecule has 0 radical (unpaired) electrons. The molecular weight excluding hydrogens is 264 g/mol. The molecule has 0 bridgehead atoms. The molecule has 2 aromatic rings. The van der Waals surface area contributed by atoms with E-state index in [9.17, 15) is 9.90 Å². The molecule has 1 atom stereocenters. The molecule has 0 saturated carbocycles. The van der Waals surface area contributed by atoms with E-state index in [1.54, 1.807) is 0 Å². The number of benzene rings is 2. The molecule has 110 valence electrons. The van der Waals surface area contributed by atoms with Gasteiger partial charge >= 0.3 is 5.97 Å². The van der Waals surface area contributed by atoms with Crippen molar-refractivity contribution in [1.82, 2.24) is 5.32 Å². The fourth-order valence-corrected chi connectivity index (χ4v) is 2.13. The number of carboxylic acid groups (broad SMARTS) is 1. The van der Waals surface area contributed by atoms with Gasteiger partial charge in [-0.3, -0.25) is 10.1 Å². The van der Waals surface area contributed by atoms with Gasteiger partial charge in [0.1, 0.15) is 6.04 Å². The summed E-state index contributed by atoms with van der Waals surface area (Å²) in [5.74, 6) is -0.869. The van der Waals surface area contributed by atoms with Gasteiger partial charge in [-0.15, -0.1) is 0 Å². The van der Waals surface area contributed by atoms with Gasteiger partial charge in [0.25, 0.3) is 0 Å². The summed E-state index contributed by atoms with van der Waals surface area (Å²) >= 11 is 0. The van der Waals surface area contributed by atoms with E-state index in [1.165, 1.54) is 0 Å². The quantitative estimate of drug-likeness (QED) is 0.856. The number of hydrogen-bond donors (Lipinski definition) is 2. The van der Waals surface area contributed by atoms with Gasteiger partial charge in [0.05, 0.1) is 0 Å². The maximum atomic E-state index is 11.4. The molecule has 0 aromatic heterocycles. The van der Waals surface area contributed by atoms with E-state index in [0.29, 0.717) is 6.54 Å². The maximum Gasteiger partial charge on any atom is 0.325 e. The Balaban J connectivity index is 2.04. The Bertz CT molecular complexity index is 579. The minimum absolute atomic E-state index is 0.513. The van der Waals surface area contributed by atoms with E-state index in [2.05, 4.69) is 5.32 Å². The highest BCUT2D eigenvalue weighted by atomic mass is 16.4. The van der Waals surface area contributed by atoms with Gasteiger partial charge in [0.15, 0.2) is 0 Å². The third-order valence-electron chi connectivity index (χ3n) is 3.34. The van der Waals surface area contributed by atoms with E-state index in [4.69, 9.17) is 0 Å². The van der Waals surface area contributed by atoms with Crippen molar-refractivity contribution in [2.45, 2.75) is 12.6 Å². The van der Waals surface area contributed by atoms with Gasteiger partial charge in [-0.05, 0) is 23.3 Å². The Morgan fingerprint density at radius 3 is 2.24 bits per heavy atom. The lowest BCUT2D eigenvalue weighted by Gasteiger charge is -2.16. The summed E-state index contributed by atoms with van der Waals surface area (Å²) in [6.45, 7) is 0.513. The number of rotatable bonds is 6. The van der Waals surface area contributed by atoms with Crippen LogP contribution in [-0.2, 0) is 11.3 Å². The Labute approximate surface area is 125 Å². The zero-order valence-corrected chi connectivity index (χ0v) is 12.3. The lowest BCUT2D eigenvalue weighted by Crippen LogP contribution is -2.28. The monoisotopic (exact) mass is 284 g/mol. The molecule has 0 aliphatic heterocycles. The predicted molar refractivity (Wildman–Crippen MR) is 84.4 cm³/mol. The summed E-state index contributed by atoms with van der Waals surface area (Å²) in [6.07, 6.45) is 0. The normalized spacial score (nSPS) is 11.9. The van der Waals surface area contributed by atoms with Crippen LogP contribution in [0, 0.1) is 0 Å². The number of nitrogens with zero attached hydrogens (tertiary/aromatic N) is 1. The van der Waals surface area contributed by atoms with Crippen LogP contribution >= 0.6 is 0 Å². The molecule has 0 fully saturated rings. The standard InChI is InChI=1S/C17H20N2O2/c1-19(2)15-10-8-13(9-11-15)12-18-16(17(20)21)14-6-4-3-5-7-14/h3-11,16,18H,12H2,1-2H3,(H,20,21). The summed E-state index contributed by atoms with van der Waals surface area (Å²) in [5, 5.41) is 12.4. The first-order valence-electron chi connectivity index (χ1n) is 6.85. The highest BCUT2D eigenvalue weighted by molar-refractivity contribution is 5.75. The second-order valence-electron chi connectivity index (χ2n) is 5.12. The molecule has 0 heterocycles. The second-order valence-corrected chi connectivity index (χ2v) is 5.12. The highest BCUT2D eigenvalue weighted by Crippen LogP contribution is 2.15. The topological polar surface area (TPSA) is 52.6 Å². The van der Waals surface area contributed by atoms with Crippen molar-refractivity contribution in [3.63, 3.8) is 0 Å². The van der Waals surface area contributed by atoms with Crippen LogP contribution in [0.15, 0.2) is 54.6 Å². The van der Waals surface area contributed by atoms with Crippen LogP contribution in [0.4, 0.5) is 5.69 Å². The molecule has 4 heteroatoms. The number of aliphatic carboxylic acids is 1. The lowest BCUT2D eigenvalue weighted by molar-refractivity contribution is -0.139. The molecule has 0 amide bonds. The summed E-state index contributed by atoms with van der Waals surface area (Å²) in [7, 11) is 3.98. The van der Waals surface area contributed by atoms with Crippen molar-refractivity contribution in [2.24, 2.45) is 0 Å². The van der Waals surface area contributed by atoms with Gasteiger partial charge in [-0.1, -0.05) is 42.5 Å². The van der Waals surface area contributed by atoms with Crippen LogP contribution in [0.3, 0.4) is 0 Å². The number of hydrogen-bond acceptors (Lipinski definition) is 3. The number of anilines is 1. The van der Waals surface area contributed by atoms with Crippen molar-refractivity contribution in [3.8, 4) is 0 Å². The third-order valence-corrected chi connectivity index (χ3v) is 3.34. The third kappa shape index (κ3) is 4.07. The maximum absolute atomic E-state index is 11.4. The van der Waals surface area contributed by atoms with Crippen LogP contribution in [0.5, 0.6) is 0 Å². The minimum Gasteiger partial charge on any atom is -0.480 e. The first kappa shape index (κ1) is 15.1. The number of nitrogens with one attached hydrogen (secondary N) is 1. The summed E-state index contributed by atoms with van der Waals surface area (Å²) in [6, 6.07) is 16.6. The van der Waals surface area contributed by atoms with Crippen LogP contribution in [0.1, 0.15) is 17.2 Å². The molecule has 0 aliphatic rings. The molecular formula is C17H20N2O2. The van der Waals surface area contributed by atoms with Gasteiger partial charge in [0, 0.05) is 26.3 Å². The smallest absolute Gasteiger partial charge is 0.325 e. The van der Waals surface area contributed by atoms with Crippen molar-refractivity contribution >= 4 is 11.7 Å². The van der Waals surface area contributed by atoms with Gasteiger partial charge in [-0.2, -0.15) is 0 Å². The molecule has 2 N–H and O–H groups in total. The SMILES string of the molecule is CN(C)c1ccc(CNC(C(=O)O)c2ccccc2)cc1. The van der Waals surface area contributed by atoms with E-state index < -0.39 is 12.0 Å². The molecule has 21 heavy (non-hydrogen) atoms. The average molecular weight is 284 g/mol. The highest BCUT2D eigenvalue weighted by Gasteiger charge is 2.18. The van der Waals surface area contributed by atoms with Crippen LogP contribution < -0.4 is 10.2 Å². The van der Waals surface area contributed by atoms with Gasteiger partial charge < -0.3 is 10.0 Å². The van der Waals surface area contributed by atoms with Crippen molar-refractivity contribution < 1.29 is 9.90 Å². The van der Waals surface area contributed by atoms with Crippen molar-refractivity contribution in [3.05, 3.63) is 65.7 Å². The fourth-order valence-electron chi connectivity index (χ4n) is 2.13. The summed E-state index contributed by atoms with van der Waals surface area (Å²) in [4.78, 5) is 13.4. The van der Waals surface area contributed by atoms with Crippen LogP contribution in [0.2, 0.25) is 0 Å². The zero-order valence-electron chi connectivity index (χ0n) is 12.3. The van der Waals surface area contributed by atoms with Crippen molar-refractivity contribution in [2.75, 3.05) is 19.0 Å². The average Bonchev–Trinajstić information content (AvgIpc) is 2.48. The van der Waals surface area contributed by atoms with E-state index in [-0.39, 0.29) is 0 Å². The Morgan fingerprint density at radius 2 is 1.71 bits per heavy atom. The molecule has 2 aromatic carbocycles. The van der Waals surface area contributed by atoms with E-state index >= 15 is 0 Å². The molecule has 0 saturated heterocycles. The molecule has 0 spiro atoms. The second kappa shape index (κ2) is 6.90. The number of carboxylic acids is 1. The molecule has 1 unspecified atom stereocenters. The Morgan fingerprint density at radius 1 is 1.10 bits per heavy atom. The lowest BCUT2D eigenvalue weighted by atomic mass is 10.1.